The normalized spacial score (nSPS) is 23.4. The summed E-state index contributed by atoms with van der Waals surface area (Å²) in [5.74, 6) is -4.42. The van der Waals surface area contributed by atoms with E-state index in [1.54, 1.807) is 11.0 Å². The Kier molecular flexibility index (Phi) is 6.77. The number of aliphatic carboxylic acids is 2. The molecule has 3 aliphatic heterocycles. The molecule has 3 aliphatic rings. The van der Waals surface area contributed by atoms with Crippen molar-refractivity contribution in [2.24, 2.45) is 12.8 Å². The number of hydrogen-bond donors (Lipinski definition) is 3. The molecular formula is C21H22F3N4O6+. The average molecular weight is 483 g/mol. The number of alkyl halides is 3. The highest BCUT2D eigenvalue weighted by Crippen LogP contribution is 2.37. The van der Waals surface area contributed by atoms with Crippen LogP contribution in [0.4, 0.5) is 18.9 Å². The number of carboxylic acid groups (broad SMARTS) is 2. The maximum atomic E-state index is 12.8. The van der Waals surface area contributed by atoms with E-state index in [0.717, 1.165) is 5.69 Å². The molecule has 0 aromatic carbocycles. The minimum Gasteiger partial charge on any atom is -0.477 e. The second-order valence-corrected chi connectivity index (χ2v) is 7.93. The van der Waals surface area contributed by atoms with Crippen LogP contribution in [0.1, 0.15) is 19.3 Å². The lowest BCUT2D eigenvalue weighted by atomic mass is 9.83. The largest absolute Gasteiger partial charge is 0.490 e. The van der Waals surface area contributed by atoms with Crippen LogP contribution in [0.3, 0.4) is 0 Å². The Morgan fingerprint density at radius 2 is 1.88 bits per heavy atom. The lowest BCUT2D eigenvalue weighted by Gasteiger charge is -2.48. The van der Waals surface area contributed by atoms with Gasteiger partial charge in [0.05, 0.1) is 6.04 Å². The zero-order chi connectivity index (χ0) is 25.4. The fourth-order valence-electron chi connectivity index (χ4n) is 4.05. The third kappa shape index (κ3) is 4.78. The van der Waals surface area contributed by atoms with Gasteiger partial charge in [0.15, 0.2) is 12.4 Å². The van der Waals surface area contributed by atoms with Crippen LogP contribution < -0.4 is 15.2 Å². The van der Waals surface area contributed by atoms with E-state index in [9.17, 15) is 32.7 Å². The van der Waals surface area contributed by atoms with E-state index in [-0.39, 0.29) is 23.6 Å². The van der Waals surface area contributed by atoms with Crippen LogP contribution in [0.5, 0.6) is 0 Å². The van der Waals surface area contributed by atoms with Gasteiger partial charge in [-0.3, -0.25) is 14.5 Å². The van der Waals surface area contributed by atoms with Gasteiger partial charge in [0.1, 0.15) is 24.5 Å². The predicted octanol–water partition coefficient (Wildman–Crippen LogP) is 0.478. The number of rotatable bonds is 3. The number of aromatic nitrogens is 1. The van der Waals surface area contributed by atoms with Crippen molar-refractivity contribution >= 4 is 29.4 Å². The number of nitrogens with zero attached hydrogens (tertiary/aromatic N) is 3. The smallest absolute Gasteiger partial charge is 0.477 e. The minimum atomic E-state index is -5.08. The molecule has 4 rings (SSSR count). The van der Waals surface area contributed by atoms with Gasteiger partial charge in [0, 0.05) is 18.2 Å². The van der Waals surface area contributed by atoms with Crippen LogP contribution in [-0.2, 0) is 26.2 Å². The molecule has 2 saturated heterocycles. The molecule has 0 saturated carbocycles. The van der Waals surface area contributed by atoms with Gasteiger partial charge in [-0.25, -0.2) is 14.2 Å². The molecule has 4 N–H and O–H groups in total. The fraction of sp³-hybridized carbons (Fsp3) is 0.381. The first kappa shape index (κ1) is 24.9. The summed E-state index contributed by atoms with van der Waals surface area (Å²) in [6, 6.07) is 2.85. The first-order chi connectivity index (χ1) is 15.8. The van der Waals surface area contributed by atoms with Crippen molar-refractivity contribution in [1.29, 1.82) is 0 Å². The van der Waals surface area contributed by atoms with E-state index < -0.39 is 24.2 Å². The summed E-state index contributed by atoms with van der Waals surface area (Å²) in [7, 11) is 1.89. The summed E-state index contributed by atoms with van der Waals surface area (Å²) in [6.45, 7) is 0.542. The van der Waals surface area contributed by atoms with Gasteiger partial charge in [0.2, 0.25) is 5.91 Å². The van der Waals surface area contributed by atoms with Gasteiger partial charge in [-0.1, -0.05) is 0 Å². The van der Waals surface area contributed by atoms with E-state index >= 15 is 0 Å². The minimum absolute atomic E-state index is 0.0391. The van der Waals surface area contributed by atoms with Crippen molar-refractivity contribution in [3.8, 4) is 0 Å². The van der Waals surface area contributed by atoms with Gasteiger partial charge in [-0.05, 0) is 37.0 Å². The maximum Gasteiger partial charge on any atom is 0.490 e. The fourth-order valence-corrected chi connectivity index (χ4v) is 4.05. The first-order valence-electron chi connectivity index (χ1n) is 10.2. The molecule has 182 valence electrons. The Morgan fingerprint density at radius 3 is 2.44 bits per heavy atom. The van der Waals surface area contributed by atoms with Crippen LogP contribution in [0.2, 0.25) is 0 Å². The number of hydrogen-bond acceptors (Lipinski definition) is 5. The predicted molar refractivity (Wildman–Crippen MR) is 109 cm³/mol. The third-order valence-corrected chi connectivity index (χ3v) is 5.68. The molecule has 4 heterocycles. The lowest BCUT2D eigenvalue weighted by molar-refractivity contribution is -0.670. The highest BCUT2D eigenvalue weighted by molar-refractivity contribution is 6.08. The first-order valence-corrected chi connectivity index (χ1v) is 10.2. The molecule has 0 aliphatic carbocycles. The van der Waals surface area contributed by atoms with Gasteiger partial charge in [-0.2, -0.15) is 13.2 Å². The highest BCUT2D eigenvalue weighted by atomic mass is 19.4. The molecule has 2 atom stereocenters. The van der Waals surface area contributed by atoms with Crippen LogP contribution in [0, 0.1) is 0 Å². The molecule has 1 aromatic heterocycles. The number of β-lactam (4-membered cyclic amide) rings is 1. The number of nitrogens with two attached hydrogens (primary N) is 1. The molecule has 1 aromatic rings. The second kappa shape index (κ2) is 9.25. The summed E-state index contributed by atoms with van der Waals surface area (Å²) in [5.41, 5.74) is 7.62. The molecule has 13 heteroatoms. The molecule has 0 bridgehead atoms. The zero-order valence-electron chi connectivity index (χ0n) is 18.0. The van der Waals surface area contributed by atoms with Crippen molar-refractivity contribution in [2.45, 2.75) is 37.5 Å². The number of aryl methyl sites for hydroxylation is 1. The summed E-state index contributed by atoms with van der Waals surface area (Å²) in [4.78, 5) is 48.5. The van der Waals surface area contributed by atoms with Crippen molar-refractivity contribution < 1.29 is 47.1 Å². The Morgan fingerprint density at radius 1 is 1.24 bits per heavy atom. The molecule has 2 amide bonds. The molecule has 0 spiro atoms. The number of allylic oxidation sites excluding steroid dienone is 2. The highest BCUT2D eigenvalue weighted by Gasteiger charge is 2.50. The molecule has 10 nitrogen and oxygen atoms in total. The second-order valence-electron chi connectivity index (χ2n) is 7.93. The Labute approximate surface area is 191 Å². The zero-order valence-corrected chi connectivity index (χ0v) is 18.0. The molecular weight excluding hydrogens is 461 g/mol. The molecule has 2 fully saturated rings. The maximum absolute atomic E-state index is 12.8. The van der Waals surface area contributed by atoms with Crippen LogP contribution >= 0.6 is 0 Å². The number of amides is 2. The van der Waals surface area contributed by atoms with Crippen LogP contribution in [0.15, 0.2) is 47.4 Å². The number of carbonyl (C=O) groups is 4. The van der Waals surface area contributed by atoms with Gasteiger partial charge >= 0.3 is 18.1 Å². The summed E-state index contributed by atoms with van der Waals surface area (Å²) >= 11 is 0. The monoisotopic (exact) mass is 483 g/mol. The number of carboxylic acids is 2. The Balaban J connectivity index is 0.000000406. The van der Waals surface area contributed by atoms with Crippen molar-refractivity contribution in [3.63, 3.8) is 0 Å². The summed E-state index contributed by atoms with van der Waals surface area (Å²) < 4.78 is 33.6. The topological polar surface area (TPSA) is 145 Å². The summed E-state index contributed by atoms with van der Waals surface area (Å²) in [6.07, 6.45) is 1.95. The Bertz CT molecular complexity index is 1110. The number of anilines is 1. The van der Waals surface area contributed by atoms with Gasteiger partial charge in [-0.15, -0.1) is 0 Å². The van der Waals surface area contributed by atoms with Crippen LogP contribution in [-0.4, -0.2) is 63.7 Å². The SMILES string of the molecule is C[n+]1cccc(N2CC/C(=C\C3=C(C(=O)O)N4C(=O)[C@@H](N)[C@H]4CC3)C2=O)c1.O=C(O)C(F)(F)F. The van der Waals surface area contributed by atoms with E-state index in [4.69, 9.17) is 15.6 Å². The number of halogens is 3. The van der Waals surface area contributed by atoms with E-state index in [1.807, 2.05) is 36.1 Å². The molecule has 0 radical (unpaired) electrons. The number of carbonyl (C=O) groups excluding carboxylic acids is 2. The van der Waals surface area contributed by atoms with Gasteiger partial charge < -0.3 is 20.8 Å². The van der Waals surface area contributed by atoms with Crippen molar-refractivity contribution in [2.75, 3.05) is 11.4 Å². The van der Waals surface area contributed by atoms with E-state index in [2.05, 4.69) is 0 Å². The summed E-state index contributed by atoms with van der Waals surface area (Å²) in [5, 5.41) is 16.7. The van der Waals surface area contributed by atoms with Crippen molar-refractivity contribution in [1.82, 2.24) is 4.90 Å². The van der Waals surface area contributed by atoms with E-state index in [0.29, 0.717) is 37.0 Å². The Hall–Kier alpha value is -3.74. The number of pyridine rings is 1. The quantitative estimate of drug-likeness (QED) is 0.322. The lowest BCUT2D eigenvalue weighted by Crippen LogP contribution is -2.69. The van der Waals surface area contributed by atoms with Crippen LogP contribution in [0.25, 0.3) is 0 Å². The van der Waals surface area contributed by atoms with Crippen molar-refractivity contribution in [3.05, 3.63) is 47.4 Å². The number of fused-ring (bicyclic) bond motifs is 1. The standard InChI is InChI=1S/C19H20N4O4.C2HF3O2/c1-21-7-2-3-13(10-21)22-8-6-12(17(22)24)9-11-4-5-14-15(20)18(25)23(14)16(11)19(26)27;3-2(4,5)1(6)7/h2-3,7,9-10,14-15H,4-6,8,20H2,1H3;(H,6,7)/p+1/b12-9+;/t14-,15+;/m1./s1. The third-order valence-electron chi connectivity index (χ3n) is 5.68. The average Bonchev–Trinajstić information content (AvgIpc) is 3.12. The van der Waals surface area contributed by atoms with E-state index in [1.165, 1.54) is 4.90 Å². The van der Waals surface area contributed by atoms with Gasteiger partial charge in [0.25, 0.3) is 5.91 Å². The molecule has 34 heavy (non-hydrogen) atoms. The molecule has 0 unspecified atom stereocenters.